The smallest absolute Gasteiger partial charge is 0.118 e. The van der Waals surface area contributed by atoms with Crippen molar-refractivity contribution in [2.45, 2.75) is 6.10 Å². The molecule has 0 aromatic rings. The Bertz CT molecular complexity index is 163. The first-order chi connectivity index (χ1) is 5.26. The summed E-state index contributed by atoms with van der Waals surface area (Å²) in [5.41, 5.74) is 0.484. The lowest BCUT2D eigenvalue weighted by Gasteiger charge is -2.06. The summed E-state index contributed by atoms with van der Waals surface area (Å²) in [5, 5.41) is 9.09. The summed E-state index contributed by atoms with van der Waals surface area (Å²) < 4.78 is 11.2. The maximum Gasteiger partial charge on any atom is 0.118 e. The molecule has 1 N–H and O–H groups in total. The second-order valence-corrected chi connectivity index (χ2v) is 1.90. The Balaban J connectivity index is 4.12. The van der Waals surface area contributed by atoms with Crippen LogP contribution >= 0.6 is 0 Å². The van der Waals surface area contributed by atoms with Gasteiger partial charge in [0.05, 0.1) is 0 Å². The first-order valence-electron chi connectivity index (χ1n) is 3.13. The van der Waals surface area contributed by atoms with Crippen LogP contribution in [0.3, 0.4) is 0 Å². The summed E-state index contributed by atoms with van der Waals surface area (Å²) in [6, 6.07) is 0. The summed E-state index contributed by atoms with van der Waals surface area (Å²) in [7, 11) is 0. The molecule has 0 aliphatic heterocycles. The minimum Gasteiger partial charge on any atom is -0.386 e. The van der Waals surface area contributed by atoms with Crippen LogP contribution in [0.1, 0.15) is 0 Å². The normalized spacial score (nSPS) is 14.2. The monoisotopic (exact) mass is 158 g/mol. The summed E-state index contributed by atoms with van der Waals surface area (Å²) in [6.07, 6.45) is 3.47. The van der Waals surface area contributed by atoms with E-state index >= 15 is 0 Å². The Morgan fingerprint density at radius 2 is 2.27 bits per heavy atom. The van der Waals surface area contributed by atoms with E-state index in [9.17, 15) is 4.53 Å². The third kappa shape index (κ3) is 3.70. The van der Waals surface area contributed by atoms with Gasteiger partial charge in [0.2, 0.25) is 0 Å². The van der Waals surface area contributed by atoms with Crippen LogP contribution in [0.5, 0.6) is 0 Å². The number of rotatable bonds is 5. The fourth-order valence-electron chi connectivity index (χ4n) is 0.607. The van der Waals surface area contributed by atoms with E-state index in [4.69, 9.17) is 5.11 Å². The number of hydrogen-bond donors (Lipinski definition) is 1. The summed E-state index contributed by atoms with van der Waals surface area (Å²) in [4.78, 5) is 3.26. The maximum atomic E-state index is 11.2. The Kier molecular flexibility index (Phi) is 5.33. The first-order valence-corrected chi connectivity index (χ1v) is 3.13. The van der Waals surface area contributed by atoms with E-state index in [0.29, 0.717) is 5.57 Å². The molecule has 1 atom stereocenters. The SMILES string of the molecule is C=C/C=C(\C=C)C(O)COF. The minimum absolute atomic E-state index is 0.383. The molecule has 0 aliphatic carbocycles. The van der Waals surface area contributed by atoms with E-state index in [0.717, 1.165) is 0 Å². The third-order valence-corrected chi connectivity index (χ3v) is 1.15. The third-order valence-electron chi connectivity index (χ3n) is 1.15. The highest BCUT2D eigenvalue weighted by atomic mass is 19.3. The van der Waals surface area contributed by atoms with Crippen LogP contribution in [0.2, 0.25) is 0 Å². The molecule has 11 heavy (non-hydrogen) atoms. The van der Waals surface area contributed by atoms with Gasteiger partial charge in [-0.15, -0.1) is 0 Å². The lowest BCUT2D eigenvalue weighted by atomic mass is 10.1. The number of allylic oxidation sites excluding steroid dienone is 2. The van der Waals surface area contributed by atoms with Gasteiger partial charge in [0.15, 0.2) is 0 Å². The molecule has 1 unspecified atom stereocenters. The van der Waals surface area contributed by atoms with E-state index in [1.165, 1.54) is 18.2 Å². The minimum atomic E-state index is -0.976. The first kappa shape index (κ1) is 10.1. The molecule has 0 rings (SSSR count). The molecule has 0 spiro atoms. The van der Waals surface area contributed by atoms with Crippen molar-refractivity contribution in [3.8, 4) is 0 Å². The quantitative estimate of drug-likeness (QED) is 0.615. The van der Waals surface area contributed by atoms with Gasteiger partial charge in [-0.3, -0.25) is 0 Å². The number of aliphatic hydroxyl groups excluding tert-OH is 1. The van der Waals surface area contributed by atoms with Gasteiger partial charge >= 0.3 is 0 Å². The van der Waals surface area contributed by atoms with Crippen molar-refractivity contribution in [2.24, 2.45) is 0 Å². The molecule has 0 bridgehead atoms. The zero-order chi connectivity index (χ0) is 8.69. The second-order valence-electron chi connectivity index (χ2n) is 1.90. The van der Waals surface area contributed by atoms with E-state index in [1.807, 2.05) is 0 Å². The van der Waals surface area contributed by atoms with Crippen LogP contribution in [-0.2, 0) is 4.94 Å². The van der Waals surface area contributed by atoms with E-state index in [2.05, 4.69) is 18.1 Å². The Hall–Kier alpha value is -0.930. The molecular formula is C8H11FO2. The van der Waals surface area contributed by atoms with Gasteiger partial charge in [-0.2, -0.15) is 4.94 Å². The van der Waals surface area contributed by atoms with Crippen molar-refractivity contribution in [2.75, 3.05) is 6.61 Å². The highest BCUT2D eigenvalue weighted by Gasteiger charge is 2.06. The van der Waals surface area contributed by atoms with Crippen molar-refractivity contribution >= 4 is 0 Å². The molecule has 62 valence electrons. The van der Waals surface area contributed by atoms with E-state index in [-0.39, 0.29) is 6.61 Å². The summed E-state index contributed by atoms with van der Waals surface area (Å²) in [6.45, 7) is 6.47. The molecule has 0 radical (unpaired) electrons. The Labute approximate surface area is 65.2 Å². The fourth-order valence-corrected chi connectivity index (χ4v) is 0.607. The fraction of sp³-hybridized carbons (Fsp3) is 0.250. The van der Waals surface area contributed by atoms with Crippen molar-refractivity contribution in [1.29, 1.82) is 0 Å². The lowest BCUT2D eigenvalue weighted by molar-refractivity contribution is -0.151. The number of hydrogen-bond acceptors (Lipinski definition) is 2. The topological polar surface area (TPSA) is 29.5 Å². The second kappa shape index (κ2) is 5.82. The van der Waals surface area contributed by atoms with Crippen LogP contribution in [0.4, 0.5) is 4.53 Å². The molecular weight excluding hydrogens is 147 g/mol. The zero-order valence-corrected chi connectivity index (χ0v) is 6.16. The number of aliphatic hydroxyl groups is 1. The summed E-state index contributed by atoms with van der Waals surface area (Å²) in [5.74, 6) is 0. The molecule has 0 aromatic carbocycles. The molecule has 0 aliphatic rings. The van der Waals surface area contributed by atoms with Gasteiger partial charge in [0.25, 0.3) is 0 Å². The van der Waals surface area contributed by atoms with Gasteiger partial charge in [0.1, 0.15) is 12.7 Å². The van der Waals surface area contributed by atoms with Crippen molar-refractivity contribution in [3.05, 3.63) is 37.0 Å². The van der Waals surface area contributed by atoms with Gasteiger partial charge < -0.3 is 5.11 Å². The van der Waals surface area contributed by atoms with Crippen molar-refractivity contribution < 1.29 is 14.6 Å². The van der Waals surface area contributed by atoms with Crippen LogP contribution in [0, 0.1) is 0 Å². The van der Waals surface area contributed by atoms with Gasteiger partial charge in [-0.05, 0) is 10.1 Å². The Morgan fingerprint density at radius 3 is 2.64 bits per heavy atom. The molecule has 0 amide bonds. The molecule has 0 heterocycles. The van der Waals surface area contributed by atoms with Gasteiger partial charge in [0, 0.05) is 0 Å². The largest absolute Gasteiger partial charge is 0.386 e. The predicted octanol–water partition coefficient (Wildman–Crippen LogP) is 1.55. The highest BCUT2D eigenvalue weighted by molar-refractivity contribution is 5.24. The average molecular weight is 158 g/mol. The van der Waals surface area contributed by atoms with Gasteiger partial charge in [-0.25, -0.2) is 0 Å². The lowest BCUT2D eigenvalue weighted by Crippen LogP contribution is -2.14. The maximum absolute atomic E-state index is 11.2. The average Bonchev–Trinajstić information content (AvgIpc) is 2.00. The zero-order valence-electron chi connectivity index (χ0n) is 6.16. The predicted molar refractivity (Wildman–Crippen MR) is 41.5 cm³/mol. The molecule has 0 saturated carbocycles. The van der Waals surface area contributed by atoms with Crippen LogP contribution in [0.25, 0.3) is 0 Å². The molecule has 0 aromatic heterocycles. The van der Waals surface area contributed by atoms with Crippen molar-refractivity contribution in [3.63, 3.8) is 0 Å². The van der Waals surface area contributed by atoms with Crippen molar-refractivity contribution in [1.82, 2.24) is 0 Å². The highest BCUT2D eigenvalue weighted by Crippen LogP contribution is 2.04. The molecule has 0 fully saturated rings. The van der Waals surface area contributed by atoms with Crippen LogP contribution in [-0.4, -0.2) is 17.8 Å². The molecule has 0 saturated heterocycles. The Morgan fingerprint density at radius 1 is 1.64 bits per heavy atom. The summed E-state index contributed by atoms with van der Waals surface area (Å²) >= 11 is 0. The molecule has 3 heteroatoms. The standard InChI is InChI=1S/C8H11FO2/c1-3-5-7(4-2)8(10)6-11-9/h3-5,8,10H,1-2,6H2/b7-5+. The van der Waals surface area contributed by atoms with Crippen LogP contribution in [0.15, 0.2) is 37.0 Å². The van der Waals surface area contributed by atoms with E-state index < -0.39 is 6.10 Å². The number of halogens is 1. The van der Waals surface area contributed by atoms with Crippen LogP contribution < -0.4 is 0 Å². The van der Waals surface area contributed by atoms with Gasteiger partial charge in [-0.1, -0.05) is 31.4 Å². The van der Waals surface area contributed by atoms with E-state index in [1.54, 1.807) is 0 Å². The molecule has 2 nitrogen and oxygen atoms in total.